The molecule has 1 aliphatic heterocycles. The molecule has 0 aromatic heterocycles. The van der Waals surface area contributed by atoms with Gasteiger partial charge in [0.05, 0.1) is 11.2 Å². The van der Waals surface area contributed by atoms with Gasteiger partial charge in [-0.1, -0.05) is 20.3 Å². The van der Waals surface area contributed by atoms with E-state index >= 15 is 0 Å². The third kappa shape index (κ3) is 1.93. The molecule has 3 heteroatoms. The smallest absolute Gasteiger partial charge is 0.403 e. The van der Waals surface area contributed by atoms with Crippen LogP contribution in [0.15, 0.2) is 0 Å². The Labute approximate surface area is 100 Å². The second-order valence-corrected chi connectivity index (χ2v) is 6.57. The van der Waals surface area contributed by atoms with Crippen LogP contribution in [0.3, 0.4) is 0 Å². The summed E-state index contributed by atoms with van der Waals surface area (Å²) in [7, 11) is 0.0315. The Balaban J connectivity index is 1.96. The van der Waals surface area contributed by atoms with Crippen LogP contribution in [0.2, 0.25) is 5.82 Å². The summed E-state index contributed by atoms with van der Waals surface area (Å²) < 4.78 is 12.2. The van der Waals surface area contributed by atoms with E-state index in [1.54, 1.807) is 0 Å². The van der Waals surface area contributed by atoms with Crippen molar-refractivity contribution in [2.24, 2.45) is 11.8 Å². The molecule has 1 saturated heterocycles. The number of rotatable bonds is 3. The normalized spacial score (nSPS) is 37.5. The quantitative estimate of drug-likeness (QED) is 0.683. The molecule has 3 atom stereocenters. The molecular formula is C13H25BO2. The largest absolute Gasteiger partial charge is 0.461 e. The first-order valence-corrected chi connectivity index (χ1v) is 6.64. The lowest BCUT2D eigenvalue weighted by atomic mass is 9.78. The van der Waals surface area contributed by atoms with E-state index in [2.05, 4.69) is 41.5 Å². The molecule has 0 N–H and O–H groups in total. The first-order chi connectivity index (χ1) is 7.28. The van der Waals surface area contributed by atoms with Gasteiger partial charge in [0.2, 0.25) is 0 Å². The van der Waals surface area contributed by atoms with E-state index in [9.17, 15) is 0 Å². The zero-order valence-electron chi connectivity index (χ0n) is 11.5. The highest BCUT2D eigenvalue weighted by molar-refractivity contribution is 6.48. The van der Waals surface area contributed by atoms with Crippen LogP contribution in [0, 0.1) is 11.8 Å². The van der Waals surface area contributed by atoms with Gasteiger partial charge in [-0.25, -0.2) is 0 Å². The Morgan fingerprint density at radius 2 is 1.69 bits per heavy atom. The molecule has 0 radical (unpaired) electrons. The molecule has 1 saturated carbocycles. The van der Waals surface area contributed by atoms with Crippen molar-refractivity contribution >= 4 is 7.12 Å². The molecule has 0 bridgehead atoms. The summed E-state index contributed by atoms with van der Waals surface area (Å²) in [6, 6.07) is 0. The van der Waals surface area contributed by atoms with Crippen molar-refractivity contribution in [1.29, 1.82) is 0 Å². The van der Waals surface area contributed by atoms with Crippen LogP contribution >= 0.6 is 0 Å². The zero-order valence-corrected chi connectivity index (χ0v) is 11.5. The van der Waals surface area contributed by atoms with Crippen molar-refractivity contribution in [1.82, 2.24) is 0 Å². The topological polar surface area (TPSA) is 18.5 Å². The van der Waals surface area contributed by atoms with Crippen LogP contribution in [-0.4, -0.2) is 18.3 Å². The van der Waals surface area contributed by atoms with Gasteiger partial charge >= 0.3 is 7.12 Å². The highest BCUT2D eigenvalue weighted by atomic mass is 16.7. The van der Waals surface area contributed by atoms with Crippen LogP contribution < -0.4 is 0 Å². The second kappa shape index (κ2) is 3.74. The van der Waals surface area contributed by atoms with Gasteiger partial charge in [-0.05, 0) is 51.8 Å². The third-order valence-corrected chi connectivity index (χ3v) is 4.89. The van der Waals surface area contributed by atoms with E-state index in [0.29, 0.717) is 5.82 Å². The van der Waals surface area contributed by atoms with Crippen LogP contribution in [0.25, 0.3) is 0 Å². The Morgan fingerprint density at radius 1 is 1.19 bits per heavy atom. The minimum absolute atomic E-state index is 0.0315. The Morgan fingerprint density at radius 3 is 2.12 bits per heavy atom. The summed E-state index contributed by atoms with van der Waals surface area (Å²) in [5, 5.41) is 0. The van der Waals surface area contributed by atoms with Crippen LogP contribution in [0.5, 0.6) is 0 Å². The average molecular weight is 224 g/mol. The minimum atomic E-state index is -0.166. The summed E-state index contributed by atoms with van der Waals surface area (Å²) in [4.78, 5) is 0. The molecule has 2 fully saturated rings. The SMILES string of the molecule is CCC(C)C1CC1B1OC(C)(C)C(C)(C)O1. The lowest BCUT2D eigenvalue weighted by Crippen LogP contribution is -2.41. The van der Waals surface area contributed by atoms with Gasteiger partial charge in [-0.15, -0.1) is 0 Å². The van der Waals surface area contributed by atoms with Crippen molar-refractivity contribution in [3.8, 4) is 0 Å². The predicted molar refractivity (Wildman–Crippen MR) is 67.4 cm³/mol. The van der Waals surface area contributed by atoms with E-state index in [1.807, 2.05) is 0 Å². The molecule has 2 rings (SSSR count). The number of hydrogen-bond acceptors (Lipinski definition) is 2. The molecule has 1 aliphatic carbocycles. The molecule has 0 spiro atoms. The van der Waals surface area contributed by atoms with Gasteiger partial charge in [0.25, 0.3) is 0 Å². The Bertz CT molecular complexity index is 259. The summed E-state index contributed by atoms with van der Waals surface area (Å²) in [5.74, 6) is 2.26. The molecular weight excluding hydrogens is 199 g/mol. The van der Waals surface area contributed by atoms with Gasteiger partial charge in [-0.3, -0.25) is 0 Å². The van der Waals surface area contributed by atoms with Crippen LogP contribution in [-0.2, 0) is 9.31 Å². The zero-order chi connectivity index (χ0) is 12.1. The average Bonchev–Trinajstić information content (AvgIpc) is 2.90. The molecule has 92 valence electrons. The first kappa shape index (κ1) is 12.4. The minimum Gasteiger partial charge on any atom is -0.403 e. The van der Waals surface area contributed by atoms with Gasteiger partial charge in [0.1, 0.15) is 0 Å². The molecule has 0 amide bonds. The van der Waals surface area contributed by atoms with Gasteiger partial charge in [-0.2, -0.15) is 0 Å². The molecule has 3 unspecified atom stereocenters. The molecule has 1 heterocycles. The van der Waals surface area contributed by atoms with E-state index in [4.69, 9.17) is 9.31 Å². The summed E-state index contributed by atoms with van der Waals surface area (Å²) in [5.41, 5.74) is -0.333. The summed E-state index contributed by atoms with van der Waals surface area (Å²) in [6.07, 6.45) is 2.55. The van der Waals surface area contributed by atoms with Crippen molar-refractivity contribution < 1.29 is 9.31 Å². The van der Waals surface area contributed by atoms with Gasteiger partial charge in [0.15, 0.2) is 0 Å². The lowest BCUT2D eigenvalue weighted by molar-refractivity contribution is 0.00578. The molecule has 2 nitrogen and oxygen atoms in total. The van der Waals surface area contributed by atoms with Crippen molar-refractivity contribution in [3.63, 3.8) is 0 Å². The van der Waals surface area contributed by atoms with Crippen molar-refractivity contribution in [2.75, 3.05) is 0 Å². The fraction of sp³-hybridized carbons (Fsp3) is 1.00. The van der Waals surface area contributed by atoms with Gasteiger partial charge < -0.3 is 9.31 Å². The molecule has 16 heavy (non-hydrogen) atoms. The molecule has 0 aromatic rings. The van der Waals surface area contributed by atoms with Crippen LogP contribution in [0.4, 0.5) is 0 Å². The first-order valence-electron chi connectivity index (χ1n) is 6.64. The maximum absolute atomic E-state index is 6.09. The van der Waals surface area contributed by atoms with Crippen molar-refractivity contribution in [3.05, 3.63) is 0 Å². The fourth-order valence-electron chi connectivity index (χ4n) is 2.57. The summed E-state index contributed by atoms with van der Waals surface area (Å²) in [6.45, 7) is 13.1. The standard InChI is InChI=1S/C13H25BO2/c1-7-9(2)10-8-11(10)14-15-12(3,4)13(5,6)16-14/h9-11H,7-8H2,1-6H3. The molecule has 0 aromatic carbocycles. The van der Waals surface area contributed by atoms with Crippen LogP contribution in [0.1, 0.15) is 54.4 Å². The second-order valence-electron chi connectivity index (χ2n) is 6.57. The Hall–Kier alpha value is -0.0151. The van der Waals surface area contributed by atoms with Crippen molar-refractivity contribution in [2.45, 2.75) is 71.4 Å². The monoisotopic (exact) mass is 224 g/mol. The Kier molecular flexibility index (Phi) is 2.91. The number of hydrogen-bond donors (Lipinski definition) is 0. The predicted octanol–water partition coefficient (Wildman–Crippen LogP) is 3.51. The maximum atomic E-state index is 6.09. The highest BCUT2D eigenvalue weighted by Gasteiger charge is 2.60. The van der Waals surface area contributed by atoms with E-state index in [-0.39, 0.29) is 18.3 Å². The van der Waals surface area contributed by atoms with Gasteiger partial charge in [0, 0.05) is 0 Å². The fourth-order valence-corrected chi connectivity index (χ4v) is 2.57. The highest BCUT2D eigenvalue weighted by Crippen LogP contribution is 2.56. The summed E-state index contributed by atoms with van der Waals surface area (Å²) >= 11 is 0. The molecule has 2 aliphatic rings. The lowest BCUT2D eigenvalue weighted by Gasteiger charge is -2.32. The van der Waals surface area contributed by atoms with E-state index in [1.165, 1.54) is 12.8 Å². The van der Waals surface area contributed by atoms with E-state index in [0.717, 1.165) is 11.8 Å². The van der Waals surface area contributed by atoms with E-state index < -0.39 is 0 Å². The third-order valence-electron chi connectivity index (χ3n) is 4.89. The maximum Gasteiger partial charge on any atom is 0.461 e.